The van der Waals surface area contributed by atoms with Gasteiger partial charge in [-0.05, 0) is 12.1 Å². The number of benzene rings is 1. The Morgan fingerprint density at radius 3 is 2.78 bits per heavy atom. The van der Waals surface area contributed by atoms with Gasteiger partial charge in [0.2, 0.25) is 0 Å². The Labute approximate surface area is 118 Å². The highest BCUT2D eigenvalue weighted by molar-refractivity contribution is 9.10. The van der Waals surface area contributed by atoms with E-state index in [1.165, 1.54) is 6.20 Å². The van der Waals surface area contributed by atoms with E-state index in [9.17, 15) is 5.11 Å². The summed E-state index contributed by atoms with van der Waals surface area (Å²) in [6.07, 6.45) is 0.624. The predicted molar refractivity (Wildman–Crippen MR) is 73.0 cm³/mol. The summed E-state index contributed by atoms with van der Waals surface area (Å²) in [6.45, 7) is 0. The molecule has 0 spiro atoms. The first kappa shape index (κ1) is 13.4. The van der Waals surface area contributed by atoms with Crippen molar-refractivity contribution < 1.29 is 9.84 Å². The lowest BCUT2D eigenvalue weighted by Gasteiger charge is -2.16. The minimum Gasteiger partial charge on any atom is -0.496 e. The number of hydrogen-bond acceptors (Lipinski definition) is 3. The SMILES string of the molecule is COc1cc(Br)ccc1C(O)c1c(Cl)cnn1C. The summed E-state index contributed by atoms with van der Waals surface area (Å²) in [4.78, 5) is 0. The van der Waals surface area contributed by atoms with E-state index < -0.39 is 6.10 Å². The Bertz CT molecular complexity index is 552. The average molecular weight is 332 g/mol. The number of ether oxygens (including phenoxy) is 1. The molecule has 6 heteroatoms. The number of nitrogens with zero attached hydrogens (tertiary/aromatic N) is 2. The van der Waals surface area contributed by atoms with Crippen LogP contribution in [0.2, 0.25) is 5.02 Å². The van der Waals surface area contributed by atoms with Gasteiger partial charge in [-0.25, -0.2) is 0 Å². The topological polar surface area (TPSA) is 47.3 Å². The fraction of sp³-hybridized carbons (Fsp3) is 0.250. The molecule has 2 rings (SSSR count). The van der Waals surface area contributed by atoms with Crippen molar-refractivity contribution in [3.8, 4) is 5.75 Å². The minimum atomic E-state index is -0.881. The zero-order valence-electron chi connectivity index (χ0n) is 9.89. The summed E-state index contributed by atoms with van der Waals surface area (Å²) in [7, 11) is 3.29. The van der Waals surface area contributed by atoms with Gasteiger partial charge in [0.25, 0.3) is 0 Å². The van der Waals surface area contributed by atoms with E-state index in [0.29, 0.717) is 22.0 Å². The molecule has 1 heterocycles. The Hall–Kier alpha value is -1.04. The lowest BCUT2D eigenvalue weighted by Crippen LogP contribution is -2.08. The van der Waals surface area contributed by atoms with Gasteiger partial charge in [0.1, 0.15) is 11.9 Å². The second-order valence-corrected chi connectivity index (χ2v) is 5.11. The van der Waals surface area contributed by atoms with Crippen LogP contribution in [0.3, 0.4) is 0 Å². The maximum atomic E-state index is 10.4. The summed E-state index contributed by atoms with van der Waals surface area (Å²) in [5.74, 6) is 0.592. The number of aromatic nitrogens is 2. The molecular formula is C12H12BrClN2O2. The lowest BCUT2D eigenvalue weighted by molar-refractivity contribution is 0.204. The lowest BCUT2D eigenvalue weighted by atomic mass is 10.1. The summed E-state index contributed by atoms with van der Waals surface area (Å²) in [5.41, 5.74) is 1.18. The van der Waals surface area contributed by atoms with Crippen LogP contribution in [0.1, 0.15) is 17.4 Å². The van der Waals surface area contributed by atoms with E-state index >= 15 is 0 Å². The van der Waals surface area contributed by atoms with Crippen LogP contribution in [0.15, 0.2) is 28.9 Å². The molecule has 1 atom stereocenters. The van der Waals surface area contributed by atoms with Crippen molar-refractivity contribution in [3.05, 3.63) is 45.1 Å². The molecule has 18 heavy (non-hydrogen) atoms. The third-order valence-electron chi connectivity index (χ3n) is 2.69. The van der Waals surface area contributed by atoms with Gasteiger partial charge < -0.3 is 9.84 Å². The van der Waals surface area contributed by atoms with Crippen LogP contribution in [0.4, 0.5) is 0 Å². The van der Waals surface area contributed by atoms with Crippen molar-refractivity contribution in [2.75, 3.05) is 7.11 Å². The molecule has 0 fully saturated rings. The van der Waals surface area contributed by atoms with Crippen LogP contribution in [-0.4, -0.2) is 22.0 Å². The van der Waals surface area contributed by atoms with Crippen LogP contribution < -0.4 is 4.74 Å². The van der Waals surface area contributed by atoms with Crippen molar-refractivity contribution in [1.29, 1.82) is 0 Å². The van der Waals surface area contributed by atoms with Gasteiger partial charge in [-0.1, -0.05) is 33.6 Å². The van der Waals surface area contributed by atoms with Gasteiger partial charge in [-0.2, -0.15) is 5.10 Å². The molecule has 0 saturated heterocycles. The summed E-state index contributed by atoms with van der Waals surface area (Å²) in [5, 5.41) is 14.8. The summed E-state index contributed by atoms with van der Waals surface area (Å²) in [6, 6.07) is 5.42. The first-order valence-electron chi connectivity index (χ1n) is 5.23. The van der Waals surface area contributed by atoms with Gasteiger partial charge in [-0.3, -0.25) is 4.68 Å². The monoisotopic (exact) mass is 330 g/mol. The number of halogens is 2. The van der Waals surface area contributed by atoms with Crippen molar-refractivity contribution in [2.45, 2.75) is 6.10 Å². The second kappa shape index (κ2) is 5.30. The molecule has 1 unspecified atom stereocenters. The van der Waals surface area contributed by atoms with Crippen molar-refractivity contribution in [3.63, 3.8) is 0 Å². The standard InChI is InChI=1S/C12H12BrClN2O2/c1-16-11(9(14)6-15-16)12(17)8-4-3-7(13)5-10(8)18-2/h3-6,12,17H,1-2H3. The third kappa shape index (κ3) is 2.39. The maximum absolute atomic E-state index is 10.4. The maximum Gasteiger partial charge on any atom is 0.126 e. The number of aliphatic hydroxyl groups is 1. The third-order valence-corrected chi connectivity index (χ3v) is 3.47. The zero-order valence-corrected chi connectivity index (χ0v) is 12.2. The first-order chi connectivity index (χ1) is 8.54. The van der Waals surface area contributed by atoms with E-state index in [1.54, 1.807) is 31.0 Å². The van der Waals surface area contributed by atoms with Gasteiger partial charge in [0.15, 0.2) is 0 Å². The van der Waals surface area contributed by atoms with Crippen LogP contribution in [0, 0.1) is 0 Å². The van der Waals surface area contributed by atoms with Crippen LogP contribution in [0.25, 0.3) is 0 Å². The first-order valence-corrected chi connectivity index (χ1v) is 6.40. The fourth-order valence-electron chi connectivity index (χ4n) is 1.79. The predicted octanol–water partition coefficient (Wildman–Crippen LogP) is 2.93. The Morgan fingerprint density at radius 2 is 2.22 bits per heavy atom. The Morgan fingerprint density at radius 1 is 1.50 bits per heavy atom. The highest BCUT2D eigenvalue weighted by Gasteiger charge is 2.21. The molecule has 0 aliphatic heterocycles. The Balaban J connectivity index is 2.49. The average Bonchev–Trinajstić information content (AvgIpc) is 2.68. The van der Waals surface area contributed by atoms with Crippen molar-refractivity contribution >= 4 is 27.5 Å². The molecule has 0 radical (unpaired) electrons. The molecule has 4 nitrogen and oxygen atoms in total. The van der Waals surface area contributed by atoms with Gasteiger partial charge in [0.05, 0.1) is 24.0 Å². The molecule has 0 saturated carbocycles. The van der Waals surface area contributed by atoms with Crippen LogP contribution in [0.5, 0.6) is 5.75 Å². The minimum absolute atomic E-state index is 0.426. The fourth-order valence-corrected chi connectivity index (χ4v) is 2.40. The largest absolute Gasteiger partial charge is 0.496 e. The molecule has 1 aromatic carbocycles. The molecule has 2 aromatic rings. The molecule has 0 amide bonds. The normalized spacial score (nSPS) is 12.5. The quantitative estimate of drug-likeness (QED) is 0.940. The number of aryl methyl sites for hydroxylation is 1. The summed E-state index contributed by atoms with van der Waals surface area (Å²) >= 11 is 9.38. The van der Waals surface area contributed by atoms with Crippen molar-refractivity contribution in [1.82, 2.24) is 9.78 Å². The van der Waals surface area contributed by atoms with Crippen LogP contribution in [-0.2, 0) is 7.05 Å². The van der Waals surface area contributed by atoms with E-state index in [2.05, 4.69) is 21.0 Å². The molecule has 0 aliphatic rings. The highest BCUT2D eigenvalue weighted by atomic mass is 79.9. The van der Waals surface area contributed by atoms with Gasteiger partial charge in [-0.15, -0.1) is 0 Å². The molecular weight excluding hydrogens is 320 g/mol. The summed E-state index contributed by atoms with van der Waals surface area (Å²) < 4.78 is 7.69. The smallest absolute Gasteiger partial charge is 0.126 e. The van der Waals surface area contributed by atoms with E-state index in [0.717, 1.165) is 4.47 Å². The number of hydrogen-bond donors (Lipinski definition) is 1. The van der Waals surface area contributed by atoms with E-state index in [-0.39, 0.29) is 0 Å². The van der Waals surface area contributed by atoms with Crippen molar-refractivity contribution in [2.24, 2.45) is 7.05 Å². The molecule has 96 valence electrons. The number of rotatable bonds is 3. The second-order valence-electron chi connectivity index (χ2n) is 3.79. The molecule has 0 bridgehead atoms. The van der Waals surface area contributed by atoms with Crippen LogP contribution >= 0.6 is 27.5 Å². The molecule has 1 N–H and O–H groups in total. The van der Waals surface area contributed by atoms with Gasteiger partial charge >= 0.3 is 0 Å². The molecule has 1 aromatic heterocycles. The van der Waals surface area contributed by atoms with E-state index in [4.69, 9.17) is 16.3 Å². The van der Waals surface area contributed by atoms with E-state index in [1.807, 2.05) is 6.07 Å². The molecule has 0 aliphatic carbocycles. The van der Waals surface area contributed by atoms with Gasteiger partial charge in [0, 0.05) is 17.1 Å². The number of aliphatic hydroxyl groups excluding tert-OH is 1. The Kier molecular flexibility index (Phi) is 3.94. The number of methoxy groups -OCH3 is 1. The zero-order chi connectivity index (χ0) is 13.3. The highest BCUT2D eigenvalue weighted by Crippen LogP contribution is 2.34.